The molecule has 0 aliphatic heterocycles. The molecule has 0 aromatic heterocycles. The van der Waals surface area contributed by atoms with E-state index in [9.17, 15) is 19.8 Å². The van der Waals surface area contributed by atoms with Gasteiger partial charge in [-0.15, -0.1) is 0 Å². The Morgan fingerprint density at radius 3 is 1.27 bits per heavy atom. The van der Waals surface area contributed by atoms with Crippen molar-refractivity contribution in [1.82, 2.24) is 5.32 Å². The highest BCUT2D eigenvalue weighted by molar-refractivity contribution is 5.76. The van der Waals surface area contributed by atoms with E-state index in [0.29, 0.717) is 25.9 Å². The molecular formula is C57H109NO5. The van der Waals surface area contributed by atoms with Crippen LogP contribution in [0.4, 0.5) is 0 Å². The van der Waals surface area contributed by atoms with Gasteiger partial charge in [0.05, 0.1) is 25.4 Å². The standard InChI is InChI=1S/C57H109NO5/c1-3-5-7-9-11-13-14-27-31-35-39-43-47-51-57(62)63-52-48-44-40-36-32-29-26-24-22-20-18-16-15-17-19-21-23-25-28-30-34-38-42-46-50-56(61)58-54(53-59)55(60)49-45-41-37-33-12-10-8-6-4-2/h7,9,13-14,54-55,59-60H,3-6,8,10-12,15-53H2,1-2H3,(H,58,61)/b9-7-,14-13-. The second kappa shape index (κ2) is 53.0. The van der Waals surface area contributed by atoms with Crippen molar-refractivity contribution in [1.29, 1.82) is 0 Å². The summed E-state index contributed by atoms with van der Waals surface area (Å²) < 4.78 is 5.46. The summed E-state index contributed by atoms with van der Waals surface area (Å²) in [6.45, 7) is 4.87. The van der Waals surface area contributed by atoms with Crippen molar-refractivity contribution in [2.45, 2.75) is 315 Å². The van der Waals surface area contributed by atoms with Gasteiger partial charge >= 0.3 is 5.97 Å². The van der Waals surface area contributed by atoms with E-state index < -0.39 is 12.1 Å². The predicted molar refractivity (Wildman–Crippen MR) is 273 cm³/mol. The summed E-state index contributed by atoms with van der Waals surface area (Å²) in [5.74, 6) is -0.0361. The van der Waals surface area contributed by atoms with Crippen LogP contribution in [0, 0.1) is 0 Å². The number of unbranched alkanes of at least 4 members (excludes halogenated alkanes) is 37. The summed E-state index contributed by atoms with van der Waals surface area (Å²) in [7, 11) is 0. The van der Waals surface area contributed by atoms with Crippen LogP contribution in [-0.4, -0.2) is 47.4 Å². The highest BCUT2D eigenvalue weighted by atomic mass is 16.5. The van der Waals surface area contributed by atoms with Crippen molar-refractivity contribution >= 4 is 11.9 Å². The van der Waals surface area contributed by atoms with Crippen LogP contribution in [0.1, 0.15) is 303 Å². The monoisotopic (exact) mass is 888 g/mol. The van der Waals surface area contributed by atoms with Gasteiger partial charge in [-0.2, -0.15) is 0 Å². The Hall–Kier alpha value is -1.66. The lowest BCUT2D eigenvalue weighted by atomic mass is 10.0. The molecule has 0 radical (unpaired) electrons. The molecule has 0 rings (SSSR count). The number of rotatable bonds is 52. The molecule has 2 unspecified atom stereocenters. The molecule has 6 nitrogen and oxygen atoms in total. The Labute approximate surface area is 392 Å². The fraction of sp³-hybridized carbons (Fsp3) is 0.895. The Morgan fingerprint density at radius 1 is 0.444 bits per heavy atom. The second-order valence-electron chi connectivity index (χ2n) is 19.3. The molecule has 1 amide bonds. The zero-order valence-electron chi connectivity index (χ0n) is 42.3. The number of hydrogen-bond acceptors (Lipinski definition) is 5. The largest absolute Gasteiger partial charge is 0.466 e. The lowest BCUT2D eigenvalue weighted by Gasteiger charge is -2.22. The van der Waals surface area contributed by atoms with Gasteiger partial charge in [-0.3, -0.25) is 9.59 Å². The summed E-state index contributed by atoms with van der Waals surface area (Å²) in [6, 6.07) is -0.538. The molecule has 0 spiro atoms. The lowest BCUT2D eigenvalue weighted by molar-refractivity contribution is -0.143. The Balaban J connectivity index is 3.34. The molecule has 0 saturated heterocycles. The van der Waals surface area contributed by atoms with Crippen LogP contribution in [-0.2, 0) is 14.3 Å². The molecule has 0 fully saturated rings. The first-order chi connectivity index (χ1) is 31.0. The smallest absolute Gasteiger partial charge is 0.305 e. The SMILES string of the molecule is CCC/C=C\C/C=C\CCCCCCCC(=O)OCCCCCCCCCCCCCCCCCCCCCCCCCCC(=O)NC(CO)C(O)CCCCCCCCCCC. The van der Waals surface area contributed by atoms with Crippen molar-refractivity contribution in [3.8, 4) is 0 Å². The van der Waals surface area contributed by atoms with Crippen molar-refractivity contribution < 1.29 is 24.5 Å². The third-order valence-corrected chi connectivity index (χ3v) is 13.0. The van der Waals surface area contributed by atoms with Gasteiger partial charge in [-0.1, -0.05) is 263 Å². The number of hydrogen-bond donors (Lipinski definition) is 3. The maximum absolute atomic E-state index is 12.4. The van der Waals surface area contributed by atoms with Crippen LogP contribution >= 0.6 is 0 Å². The third-order valence-electron chi connectivity index (χ3n) is 13.0. The minimum absolute atomic E-state index is 0.000140. The zero-order valence-corrected chi connectivity index (χ0v) is 42.3. The summed E-state index contributed by atoms with van der Waals surface area (Å²) in [4.78, 5) is 24.4. The van der Waals surface area contributed by atoms with Gasteiger partial charge in [0.15, 0.2) is 0 Å². The van der Waals surface area contributed by atoms with Gasteiger partial charge in [0, 0.05) is 12.8 Å². The maximum Gasteiger partial charge on any atom is 0.305 e. The molecule has 63 heavy (non-hydrogen) atoms. The average Bonchev–Trinajstić information content (AvgIpc) is 3.28. The molecule has 0 aromatic carbocycles. The number of esters is 1. The highest BCUT2D eigenvalue weighted by Crippen LogP contribution is 2.17. The van der Waals surface area contributed by atoms with Crippen molar-refractivity contribution in [2.75, 3.05) is 13.2 Å². The van der Waals surface area contributed by atoms with Crippen LogP contribution in [0.3, 0.4) is 0 Å². The molecule has 0 aromatic rings. The number of allylic oxidation sites excluding steroid dienone is 4. The number of aliphatic hydroxyl groups is 2. The van der Waals surface area contributed by atoms with E-state index >= 15 is 0 Å². The Bertz CT molecular complexity index is 982. The third kappa shape index (κ3) is 49.6. The van der Waals surface area contributed by atoms with Crippen molar-refractivity contribution in [3.05, 3.63) is 24.3 Å². The van der Waals surface area contributed by atoms with E-state index in [0.717, 1.165) is 51.4 Å². The average molecular weight is 889 g/mol. The summed E-state index contributed by atoms with van der Waals surface area (Å²) in [5.41, 5.74) is 0. The number of amides is 1. The Kier molecular flexibility index (Phi) is 51.6. The van der Waals surface area contributed by atoms with Crippen LogP contribution in [0.5, 0.6) is 0 Å². The quantitative estimate of drug-likeness (QED) is 0.0321. The molecule has 2 atom stereocenters. The topological polar surface area (TPSA) is 95.9 Å². The fourth-order valence-corrected chi connectivity index (χ4v) is 8.68. The van der Waals surface area contributed by atoms with Crippen molar-refractivity contribution in [2.24, 2.45) is 0 Å². The number of carbonyl (C=O) groups excluding carboxylic acids is 2. The van der Waals surface area contributed by atoms with E-state index in [2.05, 4.69) is 43.5 Å². The van der Waals surface area contributed by atoms with Crippen LogP contribution < -0.4 is 5.32 Å². The van der Waals surface area contributed by atoms with E-state index in [4.69, 9.17) is 4.74 Å². The van der Waals surface area contributed by atoms with Crippen LogP contribution in [0.25, 0.3) is 0 Å². The van der Waals surface area contributed by atoms with Crippen LogP contribution in [0.15, 0.2) is 24.3 Å². The first-order valence-corrected chi connectivity index (χ1v) is 28.1. The molecular weight excluding hydrogens is 779 g/mol. The van der Waals surface area contributed by atoms with Gasteiger partial charge in [0.2, 0.25) is 5.91 Å². The number of aliphatic hydroxyl groups excluding tert-OH is 2. The molecule has 3 N–H and O–H groups in total. The normalized spacial score (nSPS) is 12.8. The second-order valence-corrected chi connectivity index (χ2v) is 19.3. The number of nitrogens with one attached hydrogen (secondary N) is 1. The summed E-state index contributed by atoms with van der Waals surface area (Å²) >= 11 is 0. The molecule has 0 aliphatic rings. The van der Waals surface area contributed by atoms with E-state index in [1.54, 1.807) is 0 Å². The zero-order chi connectivity index (χ0) is 45.8. The van der Waals surface area contributed by atoms with Gasteiger partial charge in [-0.05, 0) is 51.4 Å². The van der Waals surface area contributed by atoms with Gasteiger partial charge in [0.1, 0.15) is 0 Å². The van der Waals surface area contributed by atoms with E-state index in [1.165, 1.54) is 218 Å². The molecule has 0 heterocycles. The van der Waals surface area contributed by atoms with E-state index in [-0.39, 0.29) is 18.5 Å². The minimum Gasteiger partial charge on any atom is -0.466 e. The molecule has 372 valence electrons. The molecule has 0 saturated carbocycles. The molecule has 0 aliphatic carbocycles. The lowest BCUT2D eigenvalue weighted by Crippen LogP contribution is -2.45. The molecule has 6 heteroatoms. The predicted octanol–water partition coefficient (Wildman–Crippen LogP) is 17.1. The fourth-order valence-electron chi connectivity index (χ4n) is 8.68. The number of ether oxygens (including phenoxy) is 1. The summed E-state index contributed by atoms with van der Waals surface area (Å²) in [6.07, 6.45) is 63.2. The first-order valence-electron chi connectivity index (χ1n) is 28.1. The number of carbonyl (C=O) groups is 2. The van der Waals surface area contributed by atoms with Gasteiger partial charge in [-0.25, -0.2) is 0 Å². The van der Waals surface area contributed by atoms with E-state index in [1.807, 2.05) is 0 Å². The first kappa shape index (κ1) is 61.3. The maximum atomic E-state index is 12.4. The van der Waals surface area contributed by atoms with Crippen LogP contribution in [0.2, 0.25) is 0 Å². The minimum atomic E-state index is -0.660. The van der Waals surface area contributed by atoms with Gasteiger partial charge in [0.25, 0.3) is 0 Å². The highest BCUT2D eigenvalue weighted by Gasteiger charge is 2.20. The molecule has 0 bridgehead atoms. The summed E-state index contributed by atoms with van der Waals surface area (Å²) in [5, 5.41) is 23.1. The van der Waals surface area contributed by atoms with Crippen molar-refractivity contribution in [3.63, 3.8) is 0 Å². The Morgan fingerprint density at radius 2 is 0.825 bits per heavy atom. The van der Waals surface area contributed by atoms with Gasteiger partial charge < -0.3 is 20.3 Å².